The maximum Gasteiger partial charge on any atom is 0.194 e. The average molecular weight is 508 g/mol. The molecule has 3 aromatic rings. The zero-order valence-corrected chi connectivity index (χ0v) is 19.0. The Morgan fingerprint density at radius 2 is 2.00 bits per heavy atom. The monoisotopic (exact) mass is 508 g/mol. The Morgan fingerprint density at radius 1 is 1.18 bits per heavy atom. The fourth-order valence-electron chi connectivity index (χ4n) is 3.39. The van der Waals surface area contributed by atoms with Gasteiger partial charge < -0.3 is 10.2 Å². The number of halogens is 1. The van der Waals surface area contributed by atoms with Crippen LogP contribution in [0, 0.1) is 5.92 Å². The van der Waals surface area contributed by atoms with Crippen LogP contribution in [0.15, 0.2) is 64.6 Å². The molecule has 0 bridgehead atoms. The second kappa shape index (κ2) is 10.1. The predicted molar refractivity (Wildman–Crippen MR) is 125 cm³/mol. The van der Waals surface area contributed by atoms with E-state index in [0.717, 1.165) is 36.3 Å². The predicted octanol–water partition coefficient (Wildman–Crippen LogP) is 3.54. The third-order valence-corrected chi connectivity index (χ3v) is 6.06. The lowest BCUT2D eigenvalue weighted by molar-refractivity contribution is 0.473. The van der Waals surface area contributed by atoms with Crippen molar-refractivity contribution in [1.82, 2.24) is 24.8 Å². The summed E-state index contributed by atoms with van der Waals surface area (Å²) < 4.78 is 2.00. The fourth-order valence-corrected chi connectivity index (χ4v) is 4.44. The highest BCUT2D eigenvalue weighted by atomic mass is 127. The molecule has 6 nitrogen and oxygen atoms in total. The highest BCUT2D eigenvalue weighted by molar-refractivity contribution is 14.0. The summed E-state index contributed by atoms with van der Waals surface area (Å²) in [7, 11) is 1.84. The number of likely N-dealkylation sites (tertiary alicyclic amines) is 1. The number of thioether (sulfide) groups is 1. The summed E-state index contributed by atoms with van der Waals surface area (Å²) in [6.45, 7) is 2.69. The van der Waals surface area contributed by atoms with Crippen molar-refractivity contribution >= 4 is 47.3 Å². The van der Waals surface area contributed by atoms with Crippen LogP contribution in [0.25, 0.3) is 5.65 Å². The number of guanidine groups is 1. The standard InChI is InChI=1S/C20H24N6S.HI/c1-21-20(22-13-19-24-23-18-9-5-6-11-26(18)19)25-12-10-16(14-25)15-27-17-7-3-2-4-8-17;/h2-9,11,16H,10,12-15H2,1H3,(H,21,22);1H. The molecule has 0 radical (unpaired) electrons. The number of benzene rings is 1. The van der Waals surface area contributed by atoms with Gasteiger partial charge in [-0.3, -0.25) is 9.39 Å². The molecule has 1 N–H and O–H groups in total. The molecule has 4 rings (SSSR count). The second-order valence-corrected chi connectivity index (χ2v) is 7.76. The highest BCUT2D eigenvalue weighted by Crippen LogP contribution is 2.25. The molecule has 1 atom stereocenters. The molecule has 0 amide bonds. The molecule has 28 heavy (non-hydrogen) atoms. The molecular weight excluding hydrogens is 483 g/mol. The molecule has 1 aliphatic rings. The molecule has 0 saturated carbocycles. The van der Waals surface area contributed by atoms with E-state index in [0.29, 0.717) is 12.5 Å². The Bertz CT molecular complexity index is 913. The third-order valence-electron chi connectivity index (χ3n) is 4.82. The summed E-state index contributed by atoms with van der Waals surface area (Å²) in [6.07, 6.45) is 3.19. The average Bonchev–Trinajstić information content (AvgIpc) is 3.35. The van der Waals surface area contributed by atoms with E-state index >= 15 is 0 Å². The van der Waals surface area contributed by atoms with Gasteiger partial charge in [0.05, 0.1) is 6.54 Å². The van der Waals surface area contributed by atoms with Crippen molar-refractivity contribution < 1.29 is 0 Å². The number of pyridine rings is 1. The first-order valence-corrected chi connectivity index (χ1v) is 10.2. The van der Waals surface area contributed by atoms with Crippen molar-refractivity contribution in [2.45, 2.75) is 17.9 Å². The smallest absolute Gasteiger partial charge is 0.194 e. The van der Waals surface area contributed by atoms with Crippen LogP contribution in [0.1, 0.15) is 12.2 Å². The van der Waals surface area contributed by atoms with Crippen molar-refractivity contribution in [1.29, 1.82) is 0 Å². The van der Waals surface area contributed by atoms with Crippen LogP contribution in [0.5, 0.6) is 0 Å². The third kappa shape index (κ3) is 4.96. The fraction of sp³-hybridized carbons (Fsp3) is 0.350. The van der Waals surface area contributed by atoms with Crippen LogP contribution >= 0.6 is 35.7 Å². The van der Waals surface area contributed by atoms with Crippen LogP contribution in [-0.2, 0) is 6.54 Å². The Kier molecular flexibility index (Phi) is 7.55. The molecule has 1 unspecified atom stereocenters. The molecule has 148 valence electrons. The molecule has 3 heterocycles. The SMILES string of the molecule is CN=C(NCc1nnc2ccccn12)N1CCC(CSc2ccccc2)C1.I. The minimum Gasteiger partial charge on any atom is -0.349 e. The summed E-state index contributed by atoms with van der Waals surface area (Å²) in [5, 5.41) is 11.9. The summed E-state index contributed by atoms with van der Waals surface area (Å²) in [5.74, 6) is 3.66. The Morgan fingerprint density at radius 3 is 2.82 bits per heavy atom. The summed E-state index contributed by atoms with van der Waals surface area (Å²) in [5.41, 5.74) is 0.864. The van der Waals surface area contributed by atoms with Crippen LogP contribution in [0.4, 0.5) is 0 Å². The number of aliphatic imine (C=N–C) groups is 1. The maximum absolute atomic E-state index is 4.47. The zero-order valence-electron chi connectivity index (χ0n) is 15.9. The van der Waals surface area contributed by atoms with Crippen LogP contribution in [-0.4, -0.2) is 51.3 Å². The first-order chi connectivity index (χ1) is 13.3. The minimum atomic E-state index is 0. The van der Waals surface area contributed by atoms with Gasteiger partial charge in [0.15, 0.2) is 17.4 Å². The molecule has 2 aromatic heterocycles. The van der Waals surface area contributed by atoms with E-state index in [1.165, 1.54) is 11.3 Å². The largest absolute Gasteiger partial charge is 0.349 e. The van der Waals surface area contributed by atoms with Gasteiger partial charge in [0.25, 0.3) is 0 Å². The number of rotatable bonds is 5. The van der Waals surface area contributed by atoms with E-state index in [2.05, 4.69) is 55.7 Å². The second-order valence-electron chi connectivity index (χ2n) is 6.67. The van der Waals surface area contributed by atoms with E-state index in [-0.39, 0.29) is 24.0 Å². The first kappa shape index (κ1) is 20.9. The summed E-state index contributed by atoms with van der Waals surface area (Å²) in [6, 6.07) is 16.5. The molecule has 0 spiro atoms. The lowest BCUT2D eigenvalue weighted by Crippen LogP contribution is -2.40. The van der Waals surface area contributed by atoms with Crippen LogP contribution < -0.4 is 5.32 Å². The number of aromatic nitrogens is 3. The van der Waals surface area contributed by atoms with Crippen molar-refractivity contribution in [3.05, 3.63) is 60.6 Å². The van der Waals surface area contributed by atoms with E-state index in [1.54, 1.807) is 0 Å². The van der Waals surface area contributed by atoms with Crippen LogP contribution in [0.3, 0.4) is 0 Å². The number of hydrogen-bond donors (Lipinski definition) is 1. The number of nitrogens with one attached hydrogen (secondary N) is 1. The van der Waals surface area contributed by atoms with Gasteiger partial charge in [-0.15, -0.1) is 45.9 Å². The molecule has 1 saturated heterocycles. The van der Waals surface area contributed by atoms with E-state index in [9.17, 15) is 0 Å². The van der Waals surface area contributed by atoms with Crippen molar-refractivity contribution in [2.75, 3.05) is 25.9 Å². The van der Waals surface area contributed by atoms with E-state index < -0.39 is 0 Å². The molecule has 0 aliphatic carbocycles. The van der Waals surface area contributed by atoms with Crippen molar-refractivity contribution in [3.63, 3.8) is 0 Å². The van der Waals surface area contributed by atoms with Gasteiger partial charge in [-0.2, -0.15) is 0 Å². The maximum atomic E-state index is 4.47. The van der Waals surface area contributed by atoms with Gasteiger partial charge in [0, 0.05) is 37.0 Å². The van der Waals surface area contributed by atoms with Crippen molar-refractivity contribution in [2.24, 2.45) is 10.9 Å². The van der Waals surface area contributed by atoms with Gasteiger partial charge >= 0.3 is 0 Å². The Balaban J connectivity index is 0.00000225. The molecular formula is C20H25IN6S. The van der Waals surface area contributed by atoms with Gasteiger partial charge in [-0.05, 0) is 36.6 Å². The normalized spacial score (nSPS) is 17.0. The Hall–Kier alpha value is -1.81. The summed E-state index contributed by atoms with van der Waals surface area (Å²) in [4.78, 5) is 8.16. The first-order valence-electron chi connectivity index (χ1n) is 9.25. The topological polar surface area (TPSA) is 57.8 Å². The van der Waals surface area contributed by atoms with E-state index in [1.807, 2.05) is 47.6 Å². The highest BCUT2D eigenvalue weighted by Gasteiger charge is 2.25. The number of hydrogen-bond acceptors (Lipinski definition) is 4. The van der Waals surface area contributed by atoms with E-state index in [4.69, 9.17) is 0 Å². The molecule has 1 aromatic carbocycles. The van der Waals surface area contributed by atoms with Gasteiger partial charge in [-0.1, -0.05) is 24.3 Å². The lowest BCUT2D eigenvalue weighted by Gasteiger charge is -2.21. The van der Waals surface area contributed by atoms with Gasteiger partial charge in [-0.25, -0.2) is 0 Å². The van der Waals surface area contributed by atoms with Crippen LogP contribution in [0.2, 0.25) is 0 Å². The van der Waals surface area contributed by atoms with Gasteiger partial charge in [0.1, 0.15) is 0 Å². The van der Waals surface area contributed by atoms with Crippen molar-refractivity contribution in [3.8, 4) is 0 Å². The minimum absolute atomic E-state index is 0. The summed E-state index contributed by atoms with van der Waals surface area (Å²) >= 11 is 1.94. The molecule has 1 aliphatic heterocycles. The molecule has 8 heteroatoms. The lowest BCUT2D eigenvalue weighted by atomic mass is 10.2. The van der Waals surface area contributed by atoms with Gasteiger partial charge in [0.2, 0.25) is 0 Å². The number of fused-ring (bicyclic) bond motifs is 1. The Labute approximate surface area is 186 Å². The molecule has 1 fully saturated rings. The zero-order chi connectivity index (χ0) is 18.5. The quantitative estimate of drug-likeness (QED) is 0.247. The number of nitrogens with zero attached hydrogens (tertiary/aromatic N) is 5.